The Kier molecular flexibility index (Phi) is 2.74. The van der Waals surface area contributed by atoms with Crippen LogP contribution in [0.25, 0.3) is 11.1 Å². The third-order valence-corrected chi connectivity index (χ3v) is 2.33. The number of nitrogens with two attached hydrogens (primary N) is 1. The number of rotatable bonds is 2. The first kappa shape index (κ1) is 9.80. The number of hydrogen-bond acceptors (Lipinski definition) is 3. The van der Waals surface area contributed by atoms with Gasteiger partial charge in [0, 0.05) is 30.8 Å². The molecule has 0 unspecified atom stereocenters. The topological polar surface area (TPSA) is 51.8 Å². The van der Waals surface area contributed by atoms with E-state index in [2.05, 4.69) is 16.0 Å². The molecule has 0 aromatic carbocycles. The van der Waals surface area contributed by atoms with E-state index in [0.29, 0.717) is 6.54 Å². The summed E-state index contributed by atoms with van der Waals surface area (Å²) in [6.07, 6.45) is 5.40. The minimum Gasteiger partial charge on any atom is -0.326 e. The molecule has 0 radical (unpaired) electrons. The third kappa shape index (κ3) is 2.02. The number of aromatic nitrogens is 2. The van der Waals surface area contributed by atoms with Crippen molar-refractivity contribution in [1.82, 2.24) is 9.97 Å². The van der Waals surface area contributed by atoms with Gasteiger partial charge in [-0.15, -0.1) is 0 Å². The summed E-state index contributed by atoms with van der Waals surface area (Å²) < 4.78 is 0. The lowest BCUT2D eigenvalue weighted by atomic mass is 10.0. The maximum atomic E-state index is 5.68. The molecule has 0 saturated heterocycles. The molecule has 0 bridgehead atoms. The van der Waals surface area contributed by atoms with Crippen LogP contribution in [0.4, 0.5) is 0 Å². The van der Waals surface area contributed by atoms with Crippen molar-refractivity contribution in [2.24, 2.45) is 5.73 Å². The van der Waals surface area contributed by atoms with Gasteiger partial charge in [-0.1, -0.05) is 0 Å². The summed E-state index contributed by atoms with van der Waals surface area (Å²) in [7, 11) is 0. The third-order valence-electron chi connectivity index (χ3n) is 2.33. The minimum atomic E-state index is 0.505. The molecule has 2 aromatic rings. The van der Waals surface area contributed by atoms with Gasteiger partial charge in [-0.3, -0.25) is 9.97 Å². The molecule has 3 heteroatoms. The molecule has 2 aromatic heterocycles. The van der Waals surface area contributed by atoms with Gasteiger partial charge in [-0.2, -0.15) is 0 Å². The van der Waals surface area contributed by atoms with Crippen LogP contribution in [-0.4, -0.2) is 9.97 Å². The van der Waals surface area contributed by atoms with Crippen LogP contribution in [0.15, 0.2) is 36.8 Å². The minimum absolute atomic E-state index is 0.505. The summed E-state index contributed by atoms with van der Waals surface area (Å²) in [6, 6.07) is 6.01. The zero-order valence-corrected chi connectivity index (χ0v) is 8.64. The van der Waals surface area contributed by atoms with Crippen LogP contribution in [-0.2, 0) is 6.54 Å². The molecule has 0 aliphatic rings. The standard InChI is InChI=1S/C12H13N3/c1-9-6-12(11(7-13)8-15-9)10-2-4-14-5-3-10/h2-6,8H,7,13H2,1H3. The largest absolute Gasteiger partial charge is 0.326 e. The summed E-state index contributed by atoms with van der Waals surface area (Å²) in [5.41, 5.74) is 10.0. The van der Waals surface area contributed by atoms with Crippen molar-refractivity contribution in [2.75, 3.05) is 0 Å². The summed E-state index contributed by atoms with van der Waals surface area (Å²) in [5.74, 6) is 0. The molecular formula is C12H13N3. The fraction of sp³-hybridized carbons (Fsp3) is 0.167. The van der Waals surface area contributed by atoms with Crippen LogP contribution in [0.3, 0.4) is 0 Å². The number of nitrogens with zero attached hydrogens (tertiary/aromatic N) is 2. The van der Waals surface area contributed by atoms with Crippen molar-refractivity contribution in [2.45, 2.75) is 13.5 Å². The smallest absolute Gasteiger partial charge is 0.0379 e. The van der Waals surface area contributed by atoms with E-state index in [1.165, 1.54) is 0 Å². The molecule has 2 N–H and O–H groups in total. The SMILES string of the molecule is Cc1cc(-c2ccncc2)c(CN)cn1. The van der Waals surface area contributed by atoms with Gasteiger partial charge in [0.1, 0.15) is 0 Å². The molecule has 76 valence electrons. The predicted octanol–water partition coefficient (Wildman–Crippen LogP) is 1.91. The average molecular weight is 199 g/mol. The summed E-state index contributed by atoms with van der Waals surface area (Å²) >= 11 is 0. The van der Waals surface area contributed by atoms with Crippen molar-refractivity contribution in [3.05, 3.63) is 48.0 Å². The summed E-state index contributed by atoms with van der Waals surface area (Å²) in [6.45, 7) is 2.48. The lowest BCUT2D eigenvalue weighted by Gasteiger charge is -2.07. The second kappa shape index (κ2) is 4.19. The molecule has 0 fully saturated rings. The quantitative estimate of drug-likeness (QED) is 0.803. The Balaban J connectivity index is 2.56. The van der Waals surface area contributed by atoms with Crippen molar-refractivity contribution >= 4 is 0 Å². The zero-order valence-electron chi connectivity index (χ0n) is 8.64. The van der Waals surface area contributed by atoms with Crippen molar-refractivity contribution < 1.29 is 0 Å². The second-order valence-electron chi connectivity index (χ2n) is 3.42. The molecule has 0 aliphatic carbocycles. The maximum absolute atomic E-state index is 5.68. The molecule has 0 spiro atoms. The Bertz CT molecular complexity index is 452. The first-order valence-corrected chi connectivity index (χ1v) is 4.87. The normalized spacial score (nSPS) is 10.3. The maximum Gasteiger partial charge on any atom is 0.0379 e. The first-order chi connectivity index (χ1) is 7.31. The molecule has 15 heavy (non-hydrogen) atoms. The van der Waals surface area contributed by atoms with Gasteiger partial charge >= 0.3 is 0 Å². The van der Waals surface area contributed by atoms with Gasteiger partial charge in [-0.25, -0.2) is 0 Å². The van der Waals surface area contributed by atoms with E-state index in [4.69, 9.17) is 5.73 Å². The molecule has 0 aliphatic heterocycles. The van der Waals surface area contributed by atoms with Gasteiger partial charge in [-0.05, 0) is 41.8 Å². The molecule has 2 rings (SSSR count). The van der Waals surface area contributed by atoms with E-state index in [-0.39, 0.29) is 0 Å². The number of hydrogen-bond donors (Lipinski definition) is 1. The lowest BCUT2D eigenvalue weighted by Crippen LogP contribution is -2.00. The molecule has 2 heterocycles. The molecule has 0 saturated carbocycles. The van der Waals surface area contributed by atoms with E-state index >= 15 is 0 Å². The van der Waals surface area contributed by atoms with E-state index in [9.17, 15) is 0 Å². The van der Waals surface area contributed by atoms with Crippen molar-refractivity contribution in [3.63, 3.8) is 0 Å². The summed E-state index contributed by atoms with van der Waals surface area (Å²) in [4.78, 5) is 8.24. The molecule has 0 atom stereocenters. The molecular weight excluding hydrogens is 186 g/mol. The Morgan fingerprint density at radius 1 is 1.27 bits per heavy atom. The lowest BCUT2D eigenvalue weighted by molar-refractivity contribution is 1.04. The Hall–Kier alpha value is -1.74. The van der Waals surface area contributed by atoms with Crippen LogP contribution in [0.1, 0.15) is 11.3 Å². The first-order valence-electron chi connectivity index (χ1n) is 4.87. The summed E-state index contributed by atoms with van der Waals surface area (Å²) in [5, 5.41) is 0. The van der Waals surface area contributed by atoms with E-state index < -0.39 is 0 Å². The Labute approximate surface area is 89.0 Å². The van der Waals surface area contributed by atoms with E-state index in [0.717, 1.165) is 22.4 Å². The highest BCUT2D eigenvalue weighted by Gasteiger charge is 2.04. The van der Waals surface area contributed by atoms with Gasteiger partial charge in [0.2, 0.25) is 0 Å². The Morgan fingerprint density at radius 2 is 2.00 bits per heavy atom. The van der Waals surface area contributed by atoms with Gasteiger partial charge in [0.15, 0.2) is 0 Å². The van der Waals surface area contributed by atoms with Crippen LogP contribution >= 0.6 is 0 Å². The van der Waals surface area contributed by atoms with E-state index in [1.54, 1.807) is 12.4 Å². The highest BCUT2D eigenvalue weighted by atomic mass is 14.7. The Morgan fingerprint density at radius 3 is 2.67 bits per heavy atom. The molecule has 0 amide bonds. The van der Waals surface area contributed by atoms with Crippen LogP contribution in [0.2, 0.25) is 0 Å². The van der Waals surface area contributed by atoms with Crippen molar-refractivity contribution in [3.8, 4) is 11.1 Å². The monoisotopic (exact) mass is 199 g/mol. The fourth-order valence-electron chi connectivity index (χ4n) is 1.55. The van der Waals surface area contributed by atoms with Crippen LogP contribution < -0.4 is 5.73 Å². The van der Waals surface area contributed by atoms with Crippen LogP contribution in [0.5, 0.6) is 0 Å². The highest BCUT2D eigenvalue weighted by molar-refractivity contribution is 5.66. The van der Waals surface area contributed by atoms with Gasteiger partial charge in [0.25, 0.3) is 0 Å². The fourth-order valence-corrected chi connectivity index (χ4v) is 1.55. The number of aryl methyl sites for hydroxylation is 1. The van der Waals surface area contributed by atoms with Gasteiger partial charge in [0.05, 0.1) is 0 Å². The van der Waals surface area contributed by atoms with E-state index in [1.807, 2.05) is 25.3 Å². The average Bonchev–Trinajstić information content (AvgIpc) is 2.30. The second-order valence-corrected chi connectivity index (χ2v) is 3.42. The zero-order chi connectivity index (χ0) is 10.7. The van der Waals surface area contributed by atoms with Gasteiger partial charge < -0.3 is 5.73 Å². The number of pyridine rings is 2. The molecule has 3 nitrogen and oxygen atoms in total. The van der Waals surface area contributed by atoms with Crippen molar-refractivity contribution in [1.29, 1.82) is 0 Å². The highest BCUT2D eigenvalue weighted by Crippen LogP contribution is 2.22. The van der Waals surface area contributed by atoms with Crippen LogP contribution in [0, 0.1) is 6.92 Å². The predicted molar refractivity (Wildman–Crippen MR) is 60.1 cm³/mol.